The summed E-state index contributed by atoms with van der Waals surface area (Å²) in [5.74, 6) is 0. The van der Waals surface area contributed by atoms with Gasteiger partial charge in [-0.2, -0.15) is 0 Å². The van der Waals surface area contributed by atoms with Crippen LogP contribution in [0, 0.1) is 117 Å². The topological polar surface area (TPSA) is 120 Å². The first-order chi connectivity index (χ1) is 13.3. The molecule has 28 heavy (non-hydrogen) atoms. The molecular weight excluding hydrogens is 611 g/mol. The Morgan fingerprint density at radius 1 is 0.679 bits per heavy atom. The minimum atomic E-state index is 0. The maximum absolute atomic E-state index is 8.56. The van der Waals surface area contributed by atoms with Crippen LogP contribution in [0.25, 0.3) is 0 Å². The molecule has 0 heterocycles. The summed E-state index contributed by atoms with van der Waals surface area (Å²) >= 11 is 1.13. The summed E-state index contributed by atoms with van der Waals surface area (Å²) in [6, 6.07) is 0. The molecule has 0 spiro atoms. The summed E-state index contributed by atoms with van der Waals surface area (Å²) in [4.78, 5) is 0. The van der Waals surface area contributed by atoms with Crippen molar-refractivity contribution >= 4 is 4.08 Å². The van der Waals surface area contributed by atoms with Crippen molar-refractivity contribution in [3.8, 4) is 0 Å². The zero-order valence-corrected chi connectivity index (χ0v) is 20.1. The van der Waals surface area contributed by atoms with E-state index in [4.69, 9.17) is 28.4 Å². The fraction of sp³-hybridized carbons (Fsp3) is 0.0500. The van der Waals surface area contributed by atoms with Gasteiger partial charge in [0.1, 0.15) is 0 Å². The van der Waals surface area contributed by atoms with Gasteiger partial charge in [0.05, 0.1) is 0 Å². The largest absolute Gasteiger partial charge is 0.0312 e. The second-order valence-corrected chi connectivity index (χ2v) is 4.69. The normalized spacial score (nSPS) is 11.1. The van der Waals surface area contributed by atoms with Crippen LogP contribution in [-0.4, -0.2) is 9.19 Å². The van der Waals surface area contributed by atoms with E-state index >= 15 is 0 Å². The first-order valence-electron chi connectivity index (χ1n) is 6.29. The van der Waals surface area contributed by atoms with Crippen LogP contribution in [0.4, 0.5) is 0 Å². The van der Waals surface area contributed by atoms with Gasteiger partial charge in [-0.3, -0.25) is 0 Å². The average molecular weight is 628 g/mol. The minimum Gasteiger partial charge on any atom is -0.0312 e. The third-order valence-electron chi connectivity index (χ3n) is 1.57. The standard InChI is InChI=1S/C5H7O.2C5H5.5CO.W.Zr/c1-2-3-4-5-6;2*1-2-4-5-3-1;5*1-2;;/h2-3,6H,1,4H2;2*1-5H;;;;;;;. The Labute approximate surface area is 200 Å². The fourth-order valence-electron chi connectivity index (χ4n) is 0.826. The van der Waals surface area contributed by atoms with Gasteiger partial charge in [-0.05, 0) is 64.2 Å². The van der Waals surface area contributed by atoms with Gasteiger partial charge in [0.15, 0.2) is 0 Å². The first kappa shape index (κ1) is 46.4. The van der Waals surface area contributed by atoms with E-state index in [0.717, 1.165) is 19.4 Å². The van der Waals surface area contributed by atoms with Gasteiger partial charge in [-0.1, -0.05) is 0 Å². The maximum Gasteiger partial charge on any atom is 0 e. The molecule has 2 saturated carbocycles. The van der Waals surface area contributed by atoms with E-state index in [1.54, 1.807) is 6.42 Å². The van der Waals surface area contributed by atoms with Gasteiger partial charge < -0.3 is 0 Å². The van der Waals surface area contributed by atoms with Crippen molar-refractivity contribution < 1.29 is 73.9 Å². The Hall–Kier alpha value is 0.101. The molecule has 0 aromatic heterocycles. The van der Waals surface area contributed by atoms with Crippen LogP contribution in [0.2, 0.25) is 0 Å². The number of aliphatic hydroxyl groups is 1. The monoisotopic (exact) mass is 627 g/mol. The van der Waals surface area contributed by atoms with Gasteiger partial charge in [0, 0.05) is 26.2 Å². The molecule has 1 N–H and O–H groups in total. The number of unbranched alkanes of at least 4 members (excludes halogenated alkanes) is 1. The summed E-state index contributed by atoms with van der Waals surface area (Å²) in [5, 5.41) is 8.56. The molecule has 0 amide bonds. The van der Waals surface area contributed by atoms with Crippen molar-refractivity contribution in [1.29, 1.82) is 0 Å². The van der Waals surface area contributed by atoms with E-state index in [2.05, 4.69) is 40.2 Å². The molecular formula is C20H17O6WZr. The molecule has 0 bridgehead atoms. The third kappa shape index (κ3) is 82.7. The molecule has 2 aliphatic rings. The van der Waals surface area contributed by atoms with Crippen LogP contribution in [-0.2, 0) is 68.8 Å². The summed E-state index contributed by atoms with van der Waals surface area (Å²) in [5.41, 5.74) is 0. The number of hydrogen-bond acceptors (Lipinski definition) is 1. The maximum atomic E-state index is 8.56. The zero-order chi connectivity index (χ0) is 22.8. The van der Waals surface area contributed by atoms with Gasteiger partial charge in [0.25, 0.3) is 0 Å². The Bertz CT molecular complexity index is 283. The molecule has 0 aromatic carbocycles. The summed E-state index contributed by atoms with van der Waals surface area (Å²) in [6.45, 7) is 26.0. The van der Waals surface area contributed by atoms with Gasteiger partial charge in [-0.15, -0.1) is 0 Å². The number of aliphatic hydroxyl groups excluding tert-OH is 1. The van der Waals surface area contributed by atoms with Crippen molar-refractivity contribution in [2.75, 3.05) is 0 Å². The molecule has 0 saturated heterocycles. The predicted molar refractivity (Wildman–Crippen MR) is 88.2 cm³/mol. The molecule has 0 aliphatic heterocycles. The van der Waals surface area contributed by atoms with Crippen LogP contribution in [0.1, 0.15) is 6.42 Å². The molecule has 0 unspecified atom stereocenters. The van der Waals surface area contributed by atoms with Gasteiger partial charge in [-0.25, -0.2) is 0 Å². The van der Waals surface area contributed by atoms with E-state index in [0.29, 0.717) is 10.5 Å². The molecule has 6 nitrogen and oxygen atoms in total. The summed E-state index contributed by atoms with van der Waals surface area (Å²) < 4.78 is 38.0. The zero-order valence-electron chi connectivity index (χ0n) is 14.7. The van der Waals surface area contributed by atoms with Crippen molar-refractivity contribution in [2.45, 2.75) is 6.42 Å². The molecule has 143 valence electrons. The van der Waals surface area contributed by atoms with E-state index in [9.17, 15) is 0 Å². The second-order valence-electron chi connectivity index (χ2n) is 2.99. The quantitative estimate of drug-likeness (QED) is 0.375. The van der Waals surface area contributed by atoms with Crippen molar-refractivity contribution in [1.82, 2.24) is 0 Å². The fourth-order valence-corrected chi connectivity index (χ4v) is 1.17. The van der Waals surface area contributed by atoms with E-state index < -0.39 is 0 Å². The van der Waals surface area contributed by atoms with Gasteiger partial charge >= 0.3 is 111 Å². The minimum absolute atomic E-state index is 0. The predicted octanol–water partition coefficient (Wildman–Crippen LogP) is 2.52. The summed E-state index contributed by atoms with van der Waals surface area (Å²) in [7, 11) is 0. The van der Waals surface area contributed by atoms with Crippen LogP contribution >= 0.6 is 0 Å². The Balaban J connectivity index is -0.0000000383. The Morgan fingerprint density at radius 2 is 0.857 bits per heavy atom. The average Bonchev–Trinajstić information content (AvgIpc) is 3.53. The number of rotatable bonds is 3. The molecule has 13 radical (unpaired) electrons. The van der Waals surface area contributed by atoms with Crippen molar-refractivity contribution in [3.05, 3.63) is 117 Å². The van der Waals surface area contributed by atoms with Crippen LogP contribution < -0.4 is 0 Å². The van der Waals surface area contributed by atoms with E-state index in [-0.39, 0.29) is 26.2 Å². The molecule has 2 aliphatic carbocycles. The van der Waals surface area contributed by atoms with E-state index in [1.165, 1.54) is 0 Å². The molecule has 0 aromatic rings. The Morgan fingerprint density at radius 3 is 0.929 bits per heavy atom. The first-order valence-corrected chi connectivity index (χ1v) is 7.75. The number of hydrogen-bond donors (Lipinski definition) is 1. The Kier molecular flexibility index (Phi) is 118. The molecule has 8 heteroatoms. The third-order valence-corrected chi connectivity index (χ3v) is 2.17. The van der Waals surface area contributed by atoms with Crippen LogP contribution in [0.15, 0.2) is 0 Å². The van der Waals surface area contributed by atoms with Crippen molar-refractivity contribution in [2.24, 2.45) is 0 Å². The SMILES string of the molecule is [C-]#[O+].[C-]#[O+].[C-]#[O+].[C-]#[O+].[C-]#[O+].[CH2][CH][CH]C[C](O)=[W].[CH]1[CH][CH][CH][CH]1.[CH]1[CH][CH][CH][CH]1.[Zr]. The molecule has 2 fully saturated rings. The van der Waals surface area contributed by atoms with E-state index in [1.807, 2.05) is 70.6 Å². The molecule has 2 rings (SSSR count). The van der Waals surface area contributed by atoms with Crippen molar-refractivity contribution in [3.63, 3.8) is 0 Å². The smallest absolute Gasteiger partial charge is 0 e. The summed E-state index contributed by atoms with van der Waals surface area (Å²) in [6.07, 6.45) is 24.2. The van der Waals surface area contributed by atoms with Crippen LogP contribution in [0.3, 0.4) is 0 Å². The van der Waals surface area contributed by atoms with Gasteiger partial charge in [0.2, 0.25) is 0 Å². The second kappa shape index (κ2) is 71.2. The van der Waals surface area contributed by atoms with Crippen LogP contribution in [0.5, 0.6) is 0 Å². The molecule has 0 atom stereocenters.